The number of hydrogen-bond acceptors (Lipinski definition) is 4. The first kappa shape index (κ1) is 7.84. The molecule has 0 amide bonds. The molecule has 0 saturated carbocycles. The SMILES string of the molecule is CN([O-])OCCCO. The van der Waals surface area contributed by atoms with E-state index < -0.39 is 0 Å². The van der Waals surface area contributed by atoms with Crippen molar-refractivity contribution < 1.29 is 9.94 Å². The van der Waals surface area contributed by atoms with Gasteiger partial charge in [-0.25, -0.2) is 0 Å². The molecule has 0 aromatic heterocycles. The molecule has 0 spiro atoms. The molecule has 0 atom stereocenters. The minimum atomic E-state index is 0.0633. The van der Waals surface area contributed by atoms with Gasteiger partial charge in [-0.05, 0) is 13.5 Å². The van der Waals surface area contributed by atoms with Gasteiger partial charge in [-0.2, -0.15) is 0 Å². The number of aliphatic hydroxyl groups is 1. The second-order valence-electron chi connectivity index (χ2n) is 1.35. The first-order valence-electron chi connectivity index (χ1n) is 2.42. The maximum Gasteiger partial charge on any atom is 0.0694 e. The van der Waals surface area contributed by atoms with Crippen LogP contribution in [0.5, 0.6) is 0 Å². The Hall–Kier alpha value is -0.160. The summed E-state index contributed by atoms with van der Waals surface area (Å²) in [5.74, 6) is 0. The molecule has 0 aliphatic carbocycles. The van der Waals surface area contributed by atoms with Crippen molar-refractivity contribution in [3.63, 3.8) is 0 Å². The molecule has 0 aromatic rings. The second kappa shape index (κ2) is 4.99. The van der Waals surface area contributed by atoms with Crippen molar-refractivity contribution >= 4 is 0 Å². The molecule has 0 bridgehead atoms. The van der Waals surface area contributed by atoms with Crippen LogP contribution < -0.4 is 0 Å². The molecule has 0 aliphatic rings. The Morgan fingerprint density at radius 2 is 2.38 bits per heavy atom. The van der Waals surface area contributed by atoms with Crippen molar-refractivity contribution in [2.24, 2.45) is 0 Å². The van der Waals surface area contributed by atoms with E-state index in [1.54, 1.807) is 0 Å². The Labute approximate surface area is 48.2 Å². The minimum absolute atomic E-state index is 0.0633. The lowest BCUT2D eigenvalue weighted by Crippen LogP contribution is -2.11. The van der Waals surface area contributed by atoms with Gasteiger partial charge in [-0.1, -0.05) is 0 Å². The lowest BCUT2D eigenvalue weighted by Gasteiger charge is -2.20. The lowest BCUT2D eigenvalue weighted by atomic mass is 10.5. The molecule has 0 fully saturated rings. The summed E-state index contributed by atoms with van der Waals surface area (Å²) in [6.07, 6.45) is 0.507. The third-order valence-corrected chi connectivity index (χ3v) is 0.576. The number of hydroxylamine groups is 2. The molecule has 0 radical (unpaired) electrons. The monoisotopic (exact) mass is 120 g/mol. The number of rotatable bonds is 4. The van der Waals surface area contributed by atoms with Crippen LogP contribution in [0.15, 0.2) is 0 Å². The lowest BCUT2D eigenvalue weighted by molar-refractivity contribution is -0.103. The average Bonchev–Trinajstić information content (AvgIpc) is 1.66. The van der Waals surface area contributed by atoms with Crippen LogP contribution >= 0.6 is 0 Å². The van der Waals surface area contributed by atoms with Gasteiger partial charge in [-0.3, -0.25) is 5.23 Å². The largest absolute Gasteiger partial charge is 0.762 e. The van der Waals surface area contributed by atoms with E-state index in [1.165, 1.54) is 7.05 Å². The van der Waals surface area contributed by atoms with Crippen molar-refractivity contribution in [3.8, 4) is 0 Å². The normalized spacial score (nSPS) is 10.5. The van der Waals surface area contributed by atoms with Crippen molar-refractivity contribution in [1.82, 2.24) is 5.23 Å². The van der Waals surface area contributed by atoms with Crippen LogP contribution in [0.25, 0.3) is 0 Å². The first-order valence-corrected chi connectivity index (χ1v) is 2.42. The molecular formula is C4H10NO3-. The first-order chi connectivity index (χ1) is 3.77. The standard InChI is InChI=1S/C4H10NO3/c1-5(7)8-4-2-3-6/h6H,2-4H2,1H3/q-1. The summed E-state index contributed by atoms with van der Waals surface area (Å²) < 4.78 is 0. The minimum Gasteiger partial charge on any atom is -0.762 e. The van der Waals surface area contributed by atoms with E-state index in [4.69, 9.17) is 5.11 Å². The van der Waals surface area contributed by atoms with Gasteiger partial charge in [0.1, 0.15) is 0 Å². The van der Waals surface area contributed by atoms with Gasteiger partial charge >= 0.3 is 0 Å². The Morgan fingerprint density at radius 3 is 2.75 bits per heavy atom. The van der Waals surface area contributed by atoms with Crippen molar-refractivity contribution in [1.29, 1.82) is 0 Å². The Balaban J connectivity index is 2.72. The topological polar surface area (TPSA) is 55.8 Å². The molecule has 8 heavy (non-hydrogen) atoms. The highest BCUT2D eigenvalue weighted by molar-refractivity contribution is 4.30. The van der Waals surface area contributed by atoms with Crippen molar-refractivity contribution in [3.05, 3.63) is 5.21 Å². The predicted octanol–water partition coefficient (Wildman–Crippen LogP) is -0.270. The van der Waals surface area contributed by atoms with Crippen LogP contribution in [0, 0.1) is 5.21 Å². The van der Waals surface area contributed by atoms with Gasteiger partial charge in [0.25, 0.3) is 0 Å². The maximum atomic E-state index is 9.93. The van der Waals surface area contributed by atoms with Gasteiger partial charge in [0.2, 0.25) is 0 Å². The van der Waals surface area contributed by atoms with Gasteiger partial charge in [0.15, 0.2) is 0 Å². The highest BCUT2D eigenvalue weighted by Gasteiger charge is 1.82. The van der Waals surface area contributed by atoms with Gasteiger partial charge in [0.05, 0.1) is 6.61 Å². The number of hydrogen-bond donors (Lipinski definition) is 1. The summed E-state index contributed by atoms with van der Waals surface area (Å²) in [4.78, 5) is 4.40. The highest BCUT2D eigenvalue weighted by Crippen LogP contribution is 1.82. The zero-order valence-corrected chi connectivity index (χ0v) is 4.83. The summed E-state index contributed by atoms with van der Waals surface area (Å²) in [5.41, 5.74) is 0. The number of nitrogens with zero attached hydrogens (tertiary/aromatic N) is 1. The van der Waals surface area contributed by atoms with E-state index in [2.05, 4.69) is 4.84 Å². The van der Waals surface area contributed by atoms with Crippen molar-refractivity contribution in [2.75, 3.05) is 20.3 Å². The smallest absolute Gasteiger partial charge is 0.0694 e. The van der Waals surface area contributed by atoms with Crippen molar-refractivity contribution in [2.45, 2.75) is 6.42 Å². The summed E-state index contributed by atoms with van der Waals surface area (Å²) >= 11 is 0. The molecule has 0 aromatic carbocycles. The summed E-state index contributed by atoms with van der Waals surface area (Å²) in [5, 5.41) is 18.5. The molecule has 0 heterocycles. The quantitative estimate of drug-likeness (QED) is 0.410. The predicted molar refractivity (Wildman–Crippen MR) is 28.8 cm³/mol. The van der Waals surface area contributed by atoms with Crippen LogP contribution in [0.2, 0.25) is 0 Å². The Kier molecular flexibility index (Phi) is 4.89. The maximum absolute atomic E-state index is 9.93. The van der Waals surface area contributed by atoms with Crippen LogP contribution in [0.3, 0.4) is 0 Å². The van der Waals surface area contributed by atoms with E-state index in [-0.39, 0.29) is 13.2 Å². The molecule has 4 heteroatoms. The van der Waals surface area contributed by atoms with Crippen LogP contribution in [0.4, 0.5) is 0 Å². The third-order valence-electron chi connectivity index (χ3n) is 0.576. The number of aliphatic hydroxyl groups excluding tert-OH is 1. The Morgan fingerprint density at radius 1 is 1.75 bits per heavy atom. The molecular weight excluding hydrogens is 110 g/mol. The van der Waals surface area contributed by atoms with E-state index in [0.29, 0.717) is 11.6 Å². The zero-order valence-electron chi connectivity index (χ0n) is 4.83. The van der Waals surface area contributed by atoms with Crippen LogP contribution in [0.1, 0.15) is 6.42 Å². The van der Waals surface area contributed by atoms with Gasteiger partial charge < -0.3 is 15.2 Å². The fraction of sp³-hybridized carbons (Fsp3) is 1.00. The van der Waals surface area contributed by atoms with E-state index in [9.17, 15) is 5.21 Å². The Bertz CT molecular complexity index is 48.5. The summed E-state index contributed by atoms with van der Waals surface area (Å²) in [6, 6.07) is 0. The fourth-order valence-corrected chi connectivity index (χ4v) is 0.258. The molecule has 0 aliphatic heterocycles. The molecule has 50 valence electrons. The van der Waals surface area contributed by atoms with E-state index in [1.807, 2.05) is 0 Å². The van der Waals surface area contributed by atoms with Crippen LogP contribution in [-0.2, 0) is 4.84 Å². The van der Waals surface area contributed by atoms with Gasteiger partial charge in [-0.15, -0.1) is 0 Å². The molecule has 4 nitrogen and oxygen atoms in total. The fourth-order valence-electron chi connectivity index (χ4n) is 0.258. The molecule has 0 saturated heterocycles. The highest BCUT2D eigenvalue weighted by atomic mass is 16.9. The van der Waals surface area contributed by atoms with E-state index >= 15 is 0 Å². The average molecular weight is 120 g/mol. The summed E-state index contributed by atoms with van der Waals surface area (Å²) in [7, 11) is 1.26. The van der Waals surface area contributed by atoms with E-state index in [0.717, 1.165) is 0 Å². The molecule has 1 N–H and O–H groups in total. The van der Waals surface area contributed by atoms with Crippen LogP contribution in [-0.4, -0.2) is 30.6 Å². The van der Waals surface area contributed by atoms with Gasteiger partial charge in [0, 0.05) is 6.61 Å². The molecule has 0 unspecified atom stereocenters. The third kappa shape index (κ3) is 5.84. The summed E-state index contributed by atoms with van der Waals surface area (Å²) in [6.45, 7) is 0.352. The second-order valence-corrected chi connectivity index (χ2v) is 1.35. The molecule has 0 rings (SSSR count). The zero-order chi connectivity index (χ0) is 6.41.